The fourth-order valence-electron chi connectivity index (χ4n) is 1.85. The smallest absolute Gasteiger partial charge is 0.310 e. The summed E-state index contributed by atoms with van der Waals surface area (Å²) in [6.45, 7) is 7.17. The minimum Gasteiger partial charge on any atom is -0.481 e. The third-order valence-electron chi connectivity index (χ3n) is 3.75. The minimum absolute atomic E-state index is 0.0633. The highest BCUT2D eigenvalue weighted by Gasteiger charge is 2.38. The van der Waals surface area contributed by atoms with Crippen molar-refractivity contribution in [1.82, 2.24) is 20.1 Å². The Labute approximate surface area is 122 Å². The standard InChI is InChI=1S/C14H18N4O3/c1-8(2)14(4,13(19)20)7-11-17-12(18-21-11)10-5-6-15-9(3)16-10/h5-6,8H,7H2,1-4H3,(H,19,20). The molecular weight excluding hydrogens is 272 g/mol. The maximum absolute atomic E-state index is 11.5. The van der Waals surface area contributed by atoms with Crippen LogP contribution in [-0.2, 0) is 11.2 Å². The van der Waals surface area contributed by atoms with Gasteiger partial charge in [-0.25, -0.2) is 9.97 Å². The summed E-state index contributed by atoms with van der Waals surface area (Å²) >= 11 is 0. The van der Waals surface area contributed by atoms with Crippen molar-refractivity contribution >= 4 is 5.97 Å². The minimum atomic E-state index is -0.953. The molecule has 0 radical (unpaired) electrons. The van der Waals surface area contributed by atoms with Crippen LogP contribution in [0.3, 0.4) is 0 Å². The maximum atomic E-state index is 11.5. The van der Waals surface area contributed by atoms with E-state index in [2.05, 4.69) is 20.1 Å². The van der Waals surface area contributed by atoms with Crippen molar-refractivity contribution in [2.75, 3.05) is 0 Å². The number of rotatable bonds is 5. The van der Waals surface area contributed by atoms with Gasteiger partial charge in [0.25, 0.3) is 0 Å². The van der Waals surface area contributed by atoms with Gasteiger partial charge in [0.1, 0.15) is 11.5 Å². The van der Waals surface area contributed by atoms with E-state index in [0.717, 1.165) is 0 Å². The summed E-state index contributed by atoms with van der Waals surface area (Å²) in [6, 6.07) is 1.68. The van der Waals surface area contributed by atoms with Gasteiger partial charge in [-0.15, -0.1) is 0 Å². The summed E-state index contributed by atoms with van der Waals surface area (Å²) in [4.78, 5) is 23.9. The van der Waals surface area contributed by atoms with Gasteiger partial charge in [0.15, 0.2) is 0 Å². The van der Waals surface area contributed by atoms with Gasteiger partial charge in [-0.1, -0.05) is 19.0 Å². The van der Waals surface area contributed by atoms with E-state index in [1.807, 2.05) is 13.8 Å². The highest BCUT2D eigenvalue weighted by Crippen LogP contribution is 2.31. The van der Waals surface area contributed by atoms with Crippen LogP contribution in [0.5, 0.6) is 0 Å². The number of carboxylic acid groups (broad SMARTS) is 1. The average Bonchev–Trinajstić information content (AvgIpc) is 2.86. The number of nitrogens with zero attached hydrogens (tertiary/aromatic N) is 4. The lowest BCUT2D eigenvalue weighted by molar-refractivity contribution is -0.150. The molecule has 112 valence electrons. The van der Waals surface area contributed by atoms with Crippen LogP contribution in [0.2, 0.25) is 0 Å². The Bertz CT molecular complexity index is 653. The third kappa shape index (κ3) is 3.07. The Morgan fingerprint density at radius 3 is 2.71 bits per heavy atom. The summed E-state index contributed by atoms with van der Waals surface area (Å²) in [6.07, 6.45) is 1.79. The largest absolute Gasteiger partial charge is 0.481 e. The average molecular weight is 290 g/mol. The lowest BCUT2D eigenvalue weighted by Gasteiger charge is -2.27. The monoisotopic (exact) mass is 290 g/mol. The van der Waals surface area contributed by atoms with E-state index >= 15 is 0 Å². The van der Waals surface area contributed by atoms with Crippen molar-refractivity contribution in [2.45, 2.75) is 34.1 Å². The molecule has 0 bridgehead atoms. The first-order valence-corrected chi connectivity index (χ1v) is 6.69. The fourth-order valence-corrected chi connectivity index (χ4v) is 1.85. The van der Waals surface area contributed by atoms with Crippen LogP contribution in [0.25, 0.3) is 11.5 Å². The van der Waals surface area contributed by atoms with Gasteiger partial charge < -0.3 is 9.63 Å². The SMILES string of the molecule is Cc1nccc(-c2noc(CC(C)(C(=O)O)C(C)C)n2)n1. The molecule has 0 aliphatic carbocycles. The van der Waals surface area contributed by atoms with E-state index in [9.17, 15) is 9.90 Å². The first-order valence-electron chi connectivity index (χ1n) is 6.69. The molecule has 0 saturated carbocycles. The van der Waals surface area contributed by atoms with Crippen molar-refractivity contribution in [1.29, 1.82) is 0 Å². The van der Waals surface area contributed by atoms with Gasteiger partial charge in [0, 0.05) is 12.6 Å². The molecule has 21 heavy (non-hydrogen) atoms. The molecular formula is C14H18N4O3. The second-order valence-electron chi connectivity index (χ2n) is 5.55. The predicted octanol–water partition coefficient (Wildman–Crippen LogP) is 2.12. The van der Waals surface area contributed by atoms with Crippen LogP contribution in [0.15, 0.2) is 16.8 Å². The number of aryl methyl sites for hydroxylation is 1. The number of hydrogen-bond acceptors (Lipinski definition) is 6. The third-order valence-corrected chi connectivity index (χ3v) is 3.75. The van der Waals surface area contributed by atoms with Gasteiger partial charge in [0.2, 0.25) is 11.7 Å². The molecule has 0 aromatic carbocycles. The molecule has 0 fully saturated rings. The van der Waals surface area contributed by atoms with E-state index in [-0.39, 0.29) is 12.3 Å². The Morgan fingerprint density at radius 1 is 1.43 bits per heavy atom. The Kier molecular flexibility index (Phi) is 4.02. The molecule has 1 N–H and O–H groups in total. The number of hydrogen-bond donors (Lipinski definition) is 1. The van der Waals surface area contributed by atoms with Crippen LogP contribution >= 0.6 is 0 Å². The van der Waals surface area contributed by atoms with E-state index in [1.54, 1.807) is 26.1 Å². The zero-order valence-corrected chi connectivity index (χ0v) is 12.5. The molecule has 0 saturated heterocycles. The van der Waals surface area contributed by atoms with Gasteiger partial charge in [-0.2, -0.15) is 4.98 Å². The first kappa shape index (κ1) is 15.1. The van der Waals surface area contributed by atoms with Gasteiger partial charge in [0.05, 0.1) is 5.41 Å². The van der Waals surface area contributed by atoms with Crippen molar-refractivity contribution in [3.63, 3.8) is 0 Å². The molecule has 0 aliphatic heterocycles. The van der Waals surface area contributed by atoms with E-state index in [1.165, 1.54) is 0 Å². The lowest BCUT2D eigenvalue weighted by atomic mass is 9.76. The van der Waals surface area contributed by atoms with E-state index in [0.29, 0.717) is 23.2 Å². The molecule has 0 aliphatic rings. The normalized spacial score (nSPS) is 14.1. The van der Waals surface area contributed by atoms with Crippen molar-refractivity contribution in [3.8, 4) is 11.5 Å². The predicted molar refractivity (Wildman–Crippen MR) is 74.3 cm³/mol. The summed E-state index contributed by atoms with van der Waals surface area (Å²) in [5, 5.41) is 13.3. The number of carbonyl (C=O) groups is 1. The van der Waals surface area contributed by atoms with Crippen LogP contribution in [0, 0.1) is 18.3 Å². The molecule has 1 unspecified atom stereocenters. The Morgan fingerprint density at radius 2 is 2.14 bits per heavy atom. The molecule has 2 heterocycles. The lowest BCUT2D eigenvalue weighted by Crippen LogP contribution is -2.35. The van der Waals surface area contributed by atoms with Crippen molar-refractivity contribution in [2.24, 2.45) is 11.3 Å². The second-order valence-corrected chi connectivity index (χ2v) is 5.55. The van der Waals surface area contributed by atoms with Crippen LogP contribution in [-0.4, -0.2) is 31.2 Å². The van der Waals surface area contributed by atoms with E-state index in [4.69, 9.17) is 4.52 Å². The highest BCUT2D eigenvalue weighted by molar-refractivity contribution is 5.74. The van der Waals surface area contributed by atoms with Crippen LogP contribution in [0.4, 0.5) is 0 Å². The highest BCUT2D eigenvalue weighted by atomic mass is 16.5. The molecule has 0 amide bonds. The van der Waals surface area contributed by atoms with Crippen molar-refractivity contribution in [3.05, 3.63) is 24.0 Å². The number of aromatic nitrogens is 4. The molecule has 2 aromatic heterocycles. The summed E-state index contributed by atoms with van der Waals surface area (Å²) in [7, 11) is 0. The van der Waals surface area contributed by atoms with Crippen molar-refractivity contribution < 1.29 is 14.4 Å². The van der Waals surface area contributed by atoms with Crippen LogP contribution in [0.1, 0.15) is 32.5 Å². The second kappa shape index (κ2) is 5.59. The van der Waals surface area contributed by atoms with Gasteiger partial charge >= 0.3 is 5.97 Å². The molecule has 7 heteroatoms. The Hall–Kier alpha value is -2.31. The molecule has 2 rings (SSSR count). The maximum Gasteiger partial charge on any atom is 0.310 e. The zero-order chi connectivity index (χ0) is 15.6. The quantitative estimate of drug-likeness (QED) is 0.899. The van der Waals surface area contributed by atoms with Gasteiger partial charge in [-0.3, -0.25) is 4.79 Å². The number of carboxylic acids is 1. The summed E-state index contributed by atoms with van der Waals surface area (Å²) in [5.74, 6) is 0.296. The summed E-state index contributed by atoms with van der Waals surface area (Å²) in [5.41, 5.74) is -0.398. The zero-order valence-electron chi connectivity index (χ0n) is 12.5. The summed E-state index contributed by atoms with van der Waals surface area (Å²) < 4.78 is 5.17. The molecule has 2 aromatic rings. The Balaban J connectivity index is 2.26. The van der Waals surface area contributed by atoms with Crippen LogP contribution < -0.4 is 0 Å². The topological polar surface area (TPSA) is 102 Å². The molecule has 1 atom stereocenters. The fraction of sp³-hybridized carbons (Fsp3) is 0.500. The van der Waals surface area contributed by atoms with E-state index < -0.39 is 11.4 Å². The van der Waals surface area contributed by atoms with Gasteiger partial charge in [-0.05, 0) is 25.8 Å². The molecule has 7 nitrogen and oxygen atoms in total. The number of aliphatic carboxylic acids is 1. The molecule has 0 spiro atoms. The first-order chi connectivity index (χ1) is 9.83.